The molecule has 9 nitrogen and oxygen atoms in total. The normalized spacial score (nSPS) is 17.3. The van der Waals surface area contributed by atoms with Gasteiger partial charge in [-0.3, -0.25) is 19.7 Å². The number of ether oxygens (including phenoxy) is 1. The zero-order valence-electron chi connectivity index (χ0n) is 18.0. The second kappa shape index (κ2) is 11.9. The minimum absolute atomic E-state index is 0.200. The number of imide groups is 1. The van der Waals surface area contributed by atoms with E-state index in [4.69, 9.17) is 10.3 Å². The molecule has 2 aliphatic heterocycles. The van der Waals surface area contributed by atoms with Crippen LogP contribution in [0.1, 0.15) is 66.4 Å². The van der Waals surface area contributed by atoms with Gasteiger partial charge in [0.25, 0.3) is 5.91 Å². The molecule has 0 saturated carbocycles. The van der Waals surface area contributed by atoms with E-state index in [2.05, 4.69) is 27.2 Å². The minimum atomic E-state index is -0.629. The molecular formula is C23H27N5O4. The number of hydrogen-bond acceptors (Lipinski definition) is 5. The second-order valence-corrected chi connectivity index (χ2v) is 7.81. The first-order valence-corrected chi connectivity index (χ1v) is 11.0. The Morgan fingerprint density at radius 2 is 2.00 bits per heavy atom. The number of rotatable bonds is 10. The van der Waals surface area contributed by atoms with Crippen LogP contribution in [0, 0.1) is 11.8 Å². The highest BCUT2D eigenvalue weighted by atomic mass is 16.5. The van der Waals surface area contributed by atoms with Gasteiger partial charge in [0.2, 0.25) is 11.8 Å². The van der Waals surface area contributed by atoms with E-state index >= 15 is 0 Å². The number of carbonyl (C=O) groups is 3. The minimum Gasteiger partial charge on any atom is -0.369 e. The SMILES string of the molecule is [N-]=[N+]=NCCCCCCCOCC#Cc1cccc2c1CN(C1CCC(=O)NC1=O)C2=O. The maximum absolute atomic E-state index is 12.8. The lowest BCUT2D eigenvalue weighted by Gasteiger charge is -2.29. The van der Waals surface area contributed by atoms with Crippen molar-refractivity contribution >= 4 is 17.7 Å². The van der Waals surface area contributed by atoms with Crippen molar-refractivity contribution in [1.82, 2.24) is 10.2 Å². The second-order valence-electron chi connectivity index (χ2n) is 7.81. The number of nitrogens with one attached hydrogen (secondary N) is 1. The Morgan fingerprint density at radius 1 is 1.19 bits per heavy atom. The number of hydrogen-bond donors (Lipinski definition) is 1. The van der Waals surface area contributed by atoms with Gasteiger partial charge in [0.15, 0.2) is 0 Å². The molecule has 168 valence electrons. The molecule has 9 heteroatoms. The van der Waals surface area contributed by atoms with Gasteiger partial charge in [-0.25, -0.2) is 0 Å². The maximum Gasteiger partial charge on any atom is 0.255 e. The topological polar surface area (TPSA) is 124 Å². The average Bonchev–Trinajstić information content (AvgIpc) is 3.11. The molecule has 1 atom stereocenters. The van der Waals surface area contributed by atoms with E-state index in [1.807, 2.05) is 6.07 Å². The first-order chi connectivity index (χ1) is 15.6. The molecule has 3 rings (SSSR count). The van der Waals surface area contributed by atoms with Crippen molar-refractivity contribution in [3.8, 4) is 11.8 Å². The summed E-state index contributed by atoms with van der Waals surface area (Å²) in [5.41, 5.74) is 10.3. The molecule has 1 unspecified atom stereocenters. The molecule has 3 amide bonds. The lowest BCUT2D eigenvalue weighted by molar-refractivity contribution is -0.136. The summed E-state index contributed by atoms with van der Waals surface area (Å²) in [6.07, 6.45) is 5.65. The third kappa shape index (κ3) is 6.10. The molecule has 2 aliphatic rings. The number of unbranched alkanes of at least 4 members (excludes halogenated alkanes) is 4. The first-order valence-electron chi connectivity index (χ1n) is 11.0. The Hall–Kier alpha value is -3.34. The van der Waals surface area contributed by atoms with Crippen molar-refractivity contribution in [2.45, 2.75) is 57.5 Å². The van der Waals surface area contributed by atoms with Crippen molar-refractivity contribution in [3.63, 3.8) is 0 Å². The largest absolute Gasteiger partial charge is 0.369 e. The Kier molecular flexibility index (Phi) is 8.67. The van der Waals surface area contributed by atoms with E-state index in [1.165, 1.54) is 4.90 Å². The van der Waals surface area contributed by atoms with Crippen LogP contribution in [0.5, 0.6) is 0 Å². The van der Waals surface area contributed by atoms with Crippen molar-refractivity contribution in [1.29, 1.82) is 0 Å². The van der Waals surface area contributed by atoms with Crippen molar-refractivity contribution in [3.05, 3.63) is 45.3 Å². The number of nitrogens with zero attached hydrogens (tertiary/aromatic N) is 4. The van der Waals surface area contributed by atoms with E-state index in [0.29, 0.717) is 38.3 Å². The molecule has 0 aromatic heterocycles. The van der Waals surface area contributed by atoms with Crippen LogP contribution in [0.15, 0.2) is 23.3 Å². The van der Waals surface area contributed by atoms with E-state index in [1.54, 1.807) is 12.1 Å². The molecule has 1 aromatic rings. The van der Waals surface area contributed by atoms with Crippen LogP contribution in [0.4, 0.5) is 0 Å². The number of piperidine rings is 1. The monoisotopic (exact) mass is 437 g/mol. The standard InChI is InChI=1S/C23H27N5O4/c24-27-25-13-4-2-1-3-5-14-32-15-7-9-17-8-6-10-18-19(17)16-28(23(18)31)20-11-12-21(29)26-22(20)30/h6,8,10,20H,1-5,11-16H2,(H,26,29,30). The van der Waals surface area contributed by atoms with E-state index < -0.39 is 11.9 Å². The number of fused-ring (bicyclic) bond motifs is 1. The molecule has 0 bridgehead atoms. The summed E-state index contributed by atoms with van der Waals surface area (Å²) >= 11 is 0. The highest BCUT2D eigenvalue weighted by Gasteiger charge is 2.39. The highest BCUT2D eigenvalue weighted by molar-refractivity contribution is 6.05. The van der Waals surface area contributed by atoms with Crippen molar-refractivity contribution in [2.24, 2.45) is 5.11 Å². The predicted octanol–water partition coefficient (Wildman–Crippen LogP) is 3.08. The smallest absolute Gasteiger partial charge is 0.255 e. The Bertz CT molecular complexity index is 974. The quantitative estimate of drug-likeness (QED) is 0.151. The van der Waals surface area contributed by atoms with Gasteiger partial charge in [0.05, 0.1) is 0 Å². The Morgan fingerprint density at radius 3 is 2.81 bits per heavy atom. The van der Waals surface area contributed by atoms with Crippen LogP contribution in [-0.4, -0.2) is 48.4 Å². The lowest BCUT2D eigenvalue weighted by Crippen LogP contribution is -2.52. The fourth-order valence-electron chi connectivity index (χ4n) is 3.92. The zero-order valence-corrected chi connectivity index (χ0v) is 18.0. The van der Waals surface area contributed by atoms with Gasteiger partial charge in [0.1, 0.15) is 12.6 Å². The van der Waals surface area contributed by atoms with Crippen LogP contribution in [-0.2, 0) is 20.9 Å². The molecule has 0 spiro atoms. The van der Waals surface area contributed by atoms with Gasteiger partial charge < -0.3 is 9.64 Å². The fraction of sp³-hybridized carbons (Fsp3) is 0.522. The van der Waals surface area contributed by atoms with Crippen molar-refractivity contribution < 1.29 is 19.1 Å². The van der Waals surface area contributed by atoms with Crippen LogP contribution >= 0.6 is 0 Å². The van der Waals surface area contributed by atoms with Gasteiger partial charge in [-0.1, -0.05) is 42.3 Å². The summed E-state index contributed by atoms with van der Waals surface area (Å²) in [5.74, 6) is 5.18. The van der Waals surface area contributed by atoms with Gasteiger partial charge >= 0.3 is 0 Å². The van der Waals surface area contributed by atoms with Crippen LogP contribution < -0.4 is 5.32 Å². The summed E-state index contributed by atoms with van der Waals surface area (Å²) in [5, 5.41) is 5.83. The van der Waals surface area contributed by atoms with Gasteiger partial charge in [-0.15, -0.1) is 0 Å². The van der Waals surface area contributed by atoms with Gasteiger partial charge in [0, 0.05) is 42.2 Å². The average molecular weight is 438 g/mol. The molecule has 0 radical (unpaired) electrons. The number of benzene rings is 1. The summed E-state index contributed by atoms with van der Waals surface area (Å²) in [4.78, 5) is 40.7. The molecule has 2 heterocycles. The third-order valence-electron chi connectivity index (χ3n) is 5.59. The molecule has 32 heavy (non-hydrogen) atoms. The number of azide groups is 1. The van der Waals surface area contributed by atoms with Crippen LogP contribution in [0.25, 0.3) is 10.4 Å². The summed E-state index contributed by atoms with van der Waals surface area (Å²) in [6, 6.07) is 4.77. The first kappa shape index (κ1) is 23.3. The molecule has 1 aromatic carbocycles. The lowest BCUT2D eigenvalue weighted by atomic mass is 10.0. The number of carbonyl (C=O) groups excluding carboxylic acids is 3. The van der Waals surface area contributed by atoms with E-state index in [-0.39, 0.29) is 18.2 Å². The Labute approximate surface area is 187 Å². The van der Waals surface area contributed by atoms with E-state index in [0.717, 1.165) is 43.2 Å². The third-order valence-corrected chi connectivity index (χ3v) is 5.59. The number of amides is 3. The van der Waals surface area contributed by atoms with Crippen LogP contribution in [0.2, 0.25) is 0 Å². The zero-order chi connectivity index (χ0) is 22.8. The molecule has 1 saturated heterocycles. The molecule has 1 fully saturated rings. The Balaban J connectivity index is 1.45. The van der Waals surface area contributed by atoms with Crippen molar-refractivity contribution in [2.75, 3.05) is 19.8 Å². The highest BCUT2D eigenvalue weighted by Crippen LogP contribution is 2.29. The van der Waals surface area contributed by atoms with Gasteiger partial charge in [-0.05, 0) is 42.5 Å². The molecular weight excluding hydrogens is 410 g/mol. The van der Waals surface area contributed by atoms with Crippen LogP contribution in [0.3, 0.4) is 0 Å². The predicted molar refractivity (Wildman–Crippen MR) is 117 cm³/mol. The fourth-order valence-corrected chi connectivity index (χ4v) is 3.92. The van der Waals surface area contributed by atoms with Gasteiger partial charge in [-0.2, -0.15) is 0 Å². The maximum atomic E-state index is 12.8. The molecule has 0 aliphatic carbocycles. The van der Waals surface area contributed by atoms with E-state index in [9.17, 15) is 14.4 Å². The summed E-state index contributed by atoms with van der Waals surface area (Å²) in [6.45, 7) is 1.82. The summed E-state index contributed by atoms with van der Waals surface area (Å²) < 4.78 is 5.58. The molecule has 1 N–H and O–H groups in total. The summed E-state index contributed by atoms with van der Waals surface area (Å²) in [7, 11) is 0.